The highest BCUT2D eigenvalue weighted by molar-refractivity contribution is 6.01. The lowest BCUT2D eigenvalue weighted by Gasteiger charge is -1.95. The van der Waals surface area contributed by atoms with Crippen molar-refractivity contribution < 1.29 is 13.2 Å². The summed E-state index contributed by atoms with van der Waals surface area (Å²) < 4.78 is 30.3. The van der Waals surface area contributed by atoms with Crippen molar-refractivity contribution in [2.24, 2.45) is 0 Å². The van der Waals surface area contributed by atoms with Crippen molar-refractivity contribution >= 4 is 22.1 Å². The highest BCUT2D eigenvalue weighted by atomic mass is 19.3. The van der Waals surface area contributed by atoms with Crippen LogP contribution in [-0.2, 0) is 0 Å². The summed E-state index contributed by atoms with van der Waals surface area (Å²) in [6, 6.07) is 7.16. The summed E-state index contributed by atoms with van der Waals surface area (Å²) in [6.07, 6.45) is -1.39. The van der Waals surface area contributed by atoms with Gasteiger partial charge in [0.05, 0.1) is 6.20 Å². The molecule has 0 aliphatic heterocycles. The van der Waals surface area contributed by atoms with Crippen LogP contribution in [0.2, 0.25) is 0 Å². The maximum Gasteiger partial charge on any atom is 0.297 e. The molecule has 1 aromatic carbocycles. The van der Waals surface area contributed by atoms with Crippen LogP contribution in [0.3, 0.4) is 0 Å². The molecule has 0 N–H and O–H groups in total. The van der Waals surface area contributed by atoms with E-state index in [1.54, 1.807) is 18.2 Å². The third-order valence-electron chi connectivity index (χ3n) is 2.33. The van der Waals surface area contributed by atoms with Crippen LogP contribution in [0.15, 0.2) is 34.9 Å². The number of nitrogens with zero attached hydrogens (tertiary/aromatic N) is 2. The molecule has 5 heteroatoms. The van der Waals surface area contributed by atoms with Gasteiger partial charge in [0, 0.05) is 5.39 Å². The minimum Gasteiger partial charge on any atom is -0.453 e. The van der Waals surface area contributed by atoms with E-state index in [1.807, 2.05) is 6.07 Å². The Kier molecular flexibility index (Phi) is 1.86. The maximum atomic E-state index is 12.4. The summed E-state index contributed by atoms with van der Waals surface area (Å²) in [7, 11) is 0. The number of para-hydroxylation sites is 1. The molecule has 0 aliphatic carbocycles. The van der Waals surface area contributed by atoms with Crippen molar-refractivity contribution in [2.75, 3.05) is 0 Å². The standard InChI is InChI=1S/C11H6F2N2O/c12-10(13)11-14-5-8-9(15-11)6-3-1-2-4-7(6)16-8/h1-5,10H. The van der Waals surface area contributed by atoms with Gasteiger partial charge in [-0.1, -0.05) is 12.1 Å². The van der Waals surface area contributed by atoms with Gasteiger partial charge in [0.2, 0.25) is 0 Å². The van der Waals surface area contributed by atoms with Crippen LogP contribution in [0.4, 0.5) is 8.78 Å². The fraction of sp³-hybridized carbons (Fsp3) is 0.0909. The van der Waals surface area contributed by atoms with E-state index in [-0.39, 0.29) is 0 Å². The molecule has 0 radical (unpaired) electrons. The number of halogens is 2. The molecule has 0 saturated carbocycles. The number of hydrogen-bond acceptors (Lipinski definition) is 3. The van der Waals surface area contributed by atoms with Gasteiger partial charge in [-0.05, 0) is 12.1 Å². The molecule has 3 rings (SSSR count). The molecule has 0 spiro atoms. The zero-order valence-electron chi connectivity index (χ0n) is 8.02. The lowest BCUT2D eigenvalue weighted by atomic mass is 10.2. The van der Waals surface area contributed by atoms with Gasteiger partial charge in [-0.15, -0.1) is 0 Å². The summed E-state index contributed by atoms with van der Waals surface area (Å²) in [5, 5.41) is 0.724. The van der Waals surface area contributed by atoms with Crippen LogP contribution < -0.4 is 0 Å². The Labute approximate surface area is 88.7 Å². The molecule has 2 aromatic heterocycles. The third-order valence-corrected chi connectivity index (χ3v) is 2.33. The number of benzene rings is 1. The topological polar surface area (TPSA) is 38.9 Å². The molecule has 3 nitrogen and oxygen atoms in total. The second-order valence-electron chi connectivity index (χ2n) is 3.34. The summed E-state index contributed by atoms with van der Waals surface area (Å²) in [4.78, 5) is 7.35. The molecule has 80 valence electrons. The molecule has 0 atom stereocenters. The Morgan fingerprint density at radius 2 is 1.94 bits per heavy atom. The van der Waals surface area contributed by atoms with E-state index >= 15 is 0 Å². The quantitative estimate of drug-likeness (QED) is 0.631. The highest BCUT2D eigenvalue weighted by Crippen LogP contribution is 2.27. The van der Waals surface area contributed by atoms with Crippen molar-refractivity contribution in [2.45, 2.75) is 6.43 Å². The second-order valence-corrected chi connectivity index (χ2v) is 3.34. The number of fused-ring (bicyclic) bond motifs is 3. The lowest BCUT2D eigenvalue weighted by Crippen LogP contribution is -1.93. The van der Waals surface area contributed by atoms with Crippen molar-refractivity contribution in [1.29, 1.82) is 0 Å². The molecule has 0 aliphatic rings. The summed E-state index contributed by atoms with van der Waals surface area (Å²) >= 11 is 0. The average molecular weight is 220 g/mol. The van der Waals surface area contributed by atoms with Crippen LogP contribution in [0.1, 0.15) is 12.2 Å². The van der Waals surface area contributed by atoms with Gasteiger partial charge in [0.15, 0.2) is 11.4 Å². The first-order valence-corrected chi connectivity index (χ1v) is 4.68. The Morgan fingerprint density at radius 1 is 1.12 bits per heavy atom. The fourth-order valence-electron chi connectivity index (χ4n) is 1.63. The monoisotopic (exact) mass is 220 g/mol. The van der Waals surface area contributed by atoms with Crippen LogP contribution in [0, 0.1) is 0 Å². The predicted molar refractivity (Wildman–Crippen MR) is 54.3 cm³/mol. The van der Waals surface area contributed by atoms with E-state index < -0.39 is 12.2 Å². The molecule has 16 heavy (non-hydrogen) atoms. The van der Waals surface area contributed by atoms with Gasteiger partial charge in [-0.25, -0.2) is 18.7 Å². The van der Waals surface area contributed by atoms with E-state index in [4.69, 9.17) is 4.42 Å². The molecular formula is C11H6F2N2O. The summed E-state index contributed by atoms with van der Waals surface area (Å²) in [6.45, 7) is 0. The molecular weight excluding hydrogens is 214 g/mol. The van der Waals surface area contributed by atoms with Crippen molar-refractivity contribution in [3.8, 4) is 0 Å². The number of furan rings is 1. The van der Waals surface area contributed by atoms with Gasteiger partial charge in [-0.3, -0.25) is 0 Å². The number of aromatic nitrogens is 2. The SMILES string of the molecule is FC(F)c1ncc2oc3ccccc3c2n1. The molecule has 0 bridgehead atoms. The first kappa shape index (κ1) is 9.21. The molecule has 2 heterocycles. The third kappa shape index (κ3) is 1.25. The molecule has 3 aromatic rings. The van der Waals surface area contributed by atoms with Crippen molar-refractivity contribution in [3.63, 3.8) is 0 Å². The zero-order chi connectivity index (χ0) is 11.1. The van der Waals surface area contributed by atoms with Crippen molar-refractivity contribution in [1.82, 2.24) is 9.97 Å². The largest absolute Gasteiger partial charge is 0.453 e. The van der Waals surface area contributed by atoms with Crippen LogP contribution in [-0.4, -0.2) is 9.97 Å². The van der Waals surface area contributed by atoms with Crippen LogP contribution >= 0.6 is 0 Å². The second kappa shape index (κ2) is 3.23. The Bertz CT molecular complexity index is 663. The predicted octanol–water partition coefficient (Wildman–Crippen LogP) is 3.31. The minimum absolute atomic E-state index is 0.422. The summed E-state index contributed by atoms with van der Waals surface area (Å²) in [5.74, 6) is -0.473. The van der Waals surface area contributed by atoms with Crippen LogP contribution in [0.5, 0.6) is 0 Å². The van der Waals surface area contributed by atoms with E-state index in [0.29, 0.717) is 16.7 Å². The number of rotatable bonds is 1. The maximum absolute atomic E-state index is 12.4. The fourth-order valence-corrected chi connectivity index (χ4v) is 1.63. The highest BCUT2D eigenvalue weighted by Gasteiger charge is 2.14. The molecule has 0 unspecified atom stereocenters. The Morgan fingerprint density at radius 3 is 2.75 bits per heavy atom. The Hall–Kier alpha value is -2.04. The average Bonchev–Trinajstić information content (AvgIpc) is 2.66. The van der Waals surface area contributed by atoms with Gasteiger partial charge < -0.3 is 4.42 Å². The van der Waals surface area contributed by atoms with Crippen LogP contribution in [0.25, 0.3) is 22.1 Å². The first-order valence-electron chi connectivity index (χ1n) is 4.68. The molecule has 0 amide bonds. The zero-order valence-corrected chi connectivity index (χ0v) is 8.02. The van der Waals surface area contributed by atoms with E-state index in [9.17, 15) is 8.78 Å². The van der Waals surface area contributed by atoms with Crippen molar-refractivity contribution in [3.05, 3.63) is 36.3 Å². The molecule has 0 saturated heterocycles. The smallest absolute Gasteiger partial charge is 0.297 e. The number of hydrogen-bond donors (Lipinski definition) is 0. The van der Waals surface area contributed by atoms with E-state index in [0.717, 1.165) is 5.39 Å². The first-order chi connectivity index (χ1) is 7.75. The normalized spacial score (nSPS) is 11.7. The van der Waals surface area contributed by atoms with Gasteiger partial charge >= 0.3 is 0 Å². The lowest BCUT2D eigenvalue weighted by molar-refractivity contribution is 0.141. The van der Waals surface area contributed by atoms with E-state index in [2.05, 4.69) is 9.97 Å². The molecule has 0 fully saturated rings. The van der Waals surface area contributed by atoms with Gasteiger partial charge in [0.25, 0.3) is 6.43 Å². The van der Waals surface area contributed by atoms with Gasteiger partial charge in [-0.2, -0.15) is 0 Å². The van der Waals surface area contributed by atoms with E-state index in [1.165, 1.54) is 6.20 Å². The minimum atomic E-state index is -2.67. The van der Waals surface area contributed by atoms with Gasteiger partial charge in [0.1, 0.15) is 11.1 Å². The Balaban J connectivity index is 2.40. The summed E-state index contributed by atoms with van der Waals surface area (Å²) in [5.41, 5.74) is 1.48. The number of alkyl halides is 2.